The number of hydrogen-bond donors (Lipinski definition) is 0. The van der Waals surface area contributed by atoms with Crippen molar-refractivity contribution in [2.24, 2.45) is 0 Å². The zero-order valence-corrected chi connectivity index (χ0v) is 14.5. The van der Waals surface area contributed by atoms with Gasteiger partial charge in [-0.1, -0.05) is 0 Å². The number of carbonyl (C=O) groups excluding carboxylic acids is 2. The number of rotatable bonds is 4. The van der Waals surface area contributed by atoms with Gasteiger partial charge in [0.15, 0.2) is 6.10 Å². The number of likely N-dealkylation sites (N-methyl/N-ethyl adjacent to an activating group) is 1. The summed E-state index contributed by atoms with van der Waals surface area (Å²) in [5, 5.41) is 0. The Morgan fingerprint density at radius 3 is 2.58 bits per heavy atom. The van der Waals surface area contributed by atoms with Crippen molar-refractivity contribution >= 4 is 22.9 Å². The van der Waals surface area contributed by atoms with Gasteiger partial charge < -0.3 is 14.2 Å². The first-order chi connectivity index (χ1) is 11.3. The number of hydrogen-bond acceptors (Lipinski definition) is 5. The van der Waals surface area contributed by atoms with Crippen LogP contribution in [0.15, 0.2) is 23.0 Å². The van der Waals surface area contributed by atoms with E-state index in [1.54, 1.807) is 43.8 Å². The highest BCUT2D eigenvalue weighted by Gasteiger charge is 2.21. The number of esters is 1. The maximum absolute atomic E-state index is 12.2. The van der Waals surface area contributed by atoms with Gasteiger partial charge >= 0.3 is 5.97 Å². The van der Waals surface area contributed by atoms with Gasteiger partial charge in [0, 0.05) is 20.6 Å². The molecule has 1 heterocycles. The fourth-order valence-corrected chi connectivity index (χ4v) is 2.46. The van der Waals surface area contributed by atoms with Crippen LogP contribution in [0, 0.1) is 6.92 Å². The van der Waals surface area contributed by atoms with Gasteiger partial charge in [-0.3, -0.25) is 9.59 Å². The van der Waals surface area contributed by atoms with Gasteiger partial charge in [0.25, 0.3) is 11.5 Å². The average Bonchev–Trinajstić information content (AvgIpc) is 2.54. The number of carbonyl (C=O) groups is 2. The third-order valence-electron chi connectivity index (χ3n) is 3.73. The highest BCUT2D eigenvalue weighted by molar-refractivity contribution is 5.95. The molecular weight excluding hydrogens is 310 g/mol. The first-order valence-electron chi connectivity index (χ1n) is 7.69. The van der Waals surface area contributed by atoms with Crippen LogP contribution in [0.2, 0.25) is 0 Å². The molecule has 0 radical (unpaired) electrons. The second-order valence-electron chi connectivity index (χ2n) is 5.73. The largest absolute Gasteiger partial charge is 0.449 e. The number of ether oxygens (including phenoxy) is 1. The summed E-state index contributed by atoms with van der Waals surface area (Å²) in [5.41, 5.74) is 1.70. The van der Waals surface area contributed by atoms with E-state index >= 15 is 0 Å². The van der Waals surface area contributed by atoms with Crippen molar-refractivity contribution in [2.45, 2.75) is 33.4 Å². The molecule has 7 heteroatoms. The lowest BCUT2D eigenvalue weighted by molar-refractivity contribution is -0.137. The highest BCUT2D eigenvalue weighted by Crippen LogP contribution is 2.15. The van der Waals surface area contributed by atoms with Gasteiger partial charge in [0.2, 0.25) is 0 Å². The van der Waals surface area contributed by atoms with E-state index in [0.717, 1.165) is 0 Å². The molecule has 128 valence electrons. The summed E-state index contributed by atoms with van der Waals surface area (Å²) < 4.78 is 6.79. The quantitative estimate of drug-likeness (QED) is 0.790. The molecule has 0 spiro atoms. The lowest BCUT2D eigenvalue weighted by atomic mass is 10.2. The van der Waals surface area contributed by atoms with Crippen LogP contribution in [-0.2, 0) is 16.1 Å². The normalized spacial score (nSPS) is 12.0. The zero-order valence-electron chi connectivity index (χ0n) is 14.5. The molecule has 1 aromatic heterocycles. The molecular formula is C17H21N3O4. The van der Waals surface area contributed by atoms with Crippen molar-refractivity contribution < 1.29 is 14.3 Å². The SMILES string of the molecule is CCn1c(=O)c(C)nc2cc(C(=O)O[C@H](C)C(=O)N(C)C)ccc21. The number of amides is 1. The Kier molecular flexibility index (Phi) is 5.02. The molecule has 0 aliphatic carbocycles. The van der Waals surface area contributed by atoms with E-state index in [-0.39, 0.29) is 17.0 Å². The van der Waals surface area contributed by atoms with Gasteiger partial charge in [-0.25, -0.2) is 9.78 Å². The fourth-order valence-electron chi connectivity index (χ4n) is 2.46. The van der Waals surface area contributed by atoms with Crippen LogP contribution >= 0.6 is 0 Å². The molecule has 1 aromatic carbocycles. The minimum absolute atomic E-state index is 0.148. The Morgan fingerprint density at radius 2 is 2.00 bits per heavy atom. The fraction of sp³-hybridized carbons (Fsp3) is 0.412. The second-order valence-corrected chi connectivity index (χ2v) is 5.73. The monoisotopic (exact) mass is 331 g/mol. The van der Waals surface area contributed by atoms with Crippen LogP contribution in [-0.4, -0.2) is 46.5 Å². The van der Waals surface area contributed by atoms with Gasteiger partial charge in [-0.15, -0.1) is 0 Å². The molecule has 0 saturated heterocycles. The van der Waals surface area contributed by atoms with Crippen molar-refractivity contribution in [3.05, 3.63) is 39.8 Å². The van der Waals surface area contributed by atoms with Crippen molar-refractivity contribution in [3.8, 4) is 0 Å². The molecule has 24 heavy (non-hydrogen) atoms. The maximum Gasteiger partial charge on any atom is 0.338 e. The van der Waals surface area contributed by atoms with E-state index in [1.165, 1.54) is 11.8 Å². The molecule has 0 aliphatic rings. The summed E-state index contributed by atoms with van der Waals surface area (Å²) in [6, 6.07) is 4.81. The molecule has 2 rings (SSSR count). The van der Waals surface area contributed by atoms with Crippen molar-refractivity contribution in [1.29, 1.82) is 0 Å². The van der Waals surface area contributed by atoms with E-state index in [1.807, 2.05) is 6.92 Å². The molecule has 0 aliphatic heterocycles. The second kappa shape index (κ2) is 6.82. The van der Waals surface area contributed by atoms with E-state index in [4.69, 9.17) is 4.74 Å². The molecule has 0 unspecified atom stereocenters. The number of aromatic nitrogens is 2. The topological polar surface area (TPSA) is 81.5 Å². The lowest BCUT2D eigenvalue weighted by Crippen LogP contribution is -2.34. The predicted molar refractivity (Wildman–Crippen MR) is 90.0 cm³/mol. The first kappa shape index (κ1) is 17.7. The van der Waals surface area contributed by atoms with Crippen LogP contribution in [0.25, 0.3) is 11.0 Å². The minimum Gasteiger partial charge on any atom is -0.449 e. The first-order valence-corrected chi connectivity index (χ1v) is 7.69. The maximum atomic E-state index is 12.2. The third-order valence-corrected chi connectivity index (χ3v) is 3.73. The van der Waals surface area contributed by atoms with Crippen LogP contribution in [0.1, 0.15) is 29.9 Å². The van der Waals surface area contributed by atoms with Crippen molar-refractivity contribution in [1.82, 2.24) is 14.5 Å². The van der Waals surface area contributed by atoms with Gasteiger partial charge in [0.1, 0.15) is 5.69 Å². The zero-order chi connectivity index (χ0) is 18.0. The Morgan fingerprint density at radius 1 is 1.33 bits per heavy atom. The van der Waals surface area contributed by atoms with Gasteiger partial charge in [0.05, 0.1) is 16.6 Å². The summed E-state index contributed by atoms with van der Waals surface area (Å²) in [5.74, 6) is -0.897. The average molecular weight is 331 g/mol. The summed E-state index contributed by atoms with van der Waals surface area (Å²) in [6.45, 7) is 5.54. The molecule has 7 nitrogen and oxygen atoms in total. The standard InChI is InChI=1S/C17H21N3O4/c1-6-20-14-8-7-12(9-13(14)18-10(2)15(20)21)17(23)24-11(3)16(22)19(4)5/h7-9,11H,6H2,1-5H3/t11-/m1/s1. The number of nitrogens with zero attached hydrogens (tertiary/aromatic N) is 3. The predicted octanol–water partition coefficient (Wildman–Crippen LogP) is 1.36. The number of aryl methyl sites for hydroxylation is 2. The van der Waals surface area contributed by atoms with E-state index < -0.39 is 12.1 Å². The third kappa shape index (κ3) is 3.29. The molecule has 0 N–H and O–H groups in total. The Labute approximate surface area is 139 Å². The molecule has 1 atom stereocenters. The number of fused-ring (bicyclic) bond motifs is 1. The van der Waals surface area contributed by atoms with E-state index in [2.05, 4.69) is 4.98 Å². The molecule has 1 amide bonds. The molecule has 2 aromatic rings. The summed E-state index contributed by atoms with van der Waals surface area (Å²) in [4.78, 5) is 41.7. The van der Waals surface area contributed by atoms with Crippen LogP contribution in [0.3, 0.4) is 0 Å². The van der Waals surface area contributed by atoms with E-state index in [9.17, 15) is 14.4 Å². The smallest absolute Gasteiger partial charge is 0.338 e. The summed E-state index contributed by atoms with van der Waals surface area (Å²) in [7, 11) is 3.19. The van der Waals surface area contributed by atoms with E-state index in [0.29, 0.717) is 23.3 Å². The summed E-state index contributed by atoms with van der Waals surface area (Å²) >= 11 is 0. The minimum atomic E-state index is -0.873. The lowest BCUT2D eigenvalue weighted by Gasteiger charge is -2.17. The molecule has 0 bridgehead atoms. The van der Waals surface area contributed by atoms with Crippen LogP contribution in [0.5, 0.6) is 0 Å². The van der Waals surface area contributed by atoms with Gasteiger partial charge in [-0.05, 0) is 39.0 Å². The van der Waals surface area contributed by atoms with Crippen LogP contribution < -0.4 is 5.56 Å². The molecule has 0 fully saturated rings. The highest BCUT2D eigenvalue weighted by atomic mass is 16.5. The Hall–Kier alpha value is -2.70. The number of benzene rings is 1. The summed E-state index contributed by atoms with van der Waals surface area (Å²) in [6.07, 6.45) is -0.873. The van der Waals surface area contributed by atoms with Crippen LogP contribution in [0.4, 0.5) is 0 Å². The van der Waals surface area contributed by atoms with Gasteiger partial charge in [-0.2, -0.15) is 0 Å². The van der Waals surface area contributed by atoms with Crippen molar-refractivity contribution in [2.75, 3.05) is 14.1 Å². The Bertz CT molecular complexity index is 855. The molecule has 0 saturated carbocycles. The Balaban J connectivity index is 2.37. The van der Waals surface area contributed by atoms with Crippen molar-refractivity contribution in [3.63, 3.8) is 0 Å².